The van der Waals surface area contributed by atoms with Crippen molar-refractivity contribution in [2.45, 2.75) is 57.0 Å². The summed E-state index contributed by atoms with van der Waals surface area (Å²) in [4.78, 5) is 1.34. The van der Waals surface area contributed by atoms with Crippen LogP contribution in [0.25, 0.3) is 0 Å². The lowest BCUT2D eigenvalue weighted by atomic mass is 9.79. The van der Waals surface area contributed by atoms with Crippen molar-refractivity contribution in [3.8, 4) is 0 Å². The molecule has 1 N–H and O–H groups in total. The molecule has 1 saturated carbocycles. The topological polar surface area (TPSA) is 12.0 Å². The third kappa shape index (κ3) is 4.00. The molecular weight excluding hydrogens is 250 g/mol. The first-order valence-corrected chi connectivity index (χ1v) is 8.72. The molecular formula is C17H27NS. The third-order valence-electron chi connectivity index (χ3n) is 4.54. The molecule has 1 aromatic carbocycles. The monoisotopic (exact) mass is 277 g/mol. The van der Waals surface area contributed by atoms with Crippen molar-refractivity contribution in [2.75, 3.05) is 6.26 Å². The summed E-state index contributed by atoms with van der Waals surface area (Å²) < 4.78 is 0. The molecule has 0 heterocycles. The highest BCUT2D eigenvalue weighted by Gasteiger charge is 2.26. The predicted octanol–water partition coefficient (Wildman–Crippen LogP) is 4.88. The molecule has 2 heteroatoms. The third-order valence-corrected chi connectivity index (χ3v) is 5.28. The van der Waals surface area contributed by atoms with E-state index in [1.165, 1.54) is 29.7 Å². The van der Waals surface area contributed by atoms with E-state index >= 15 is 0 Å². The Bertz CT molecular complexity index is 387. The van der Waals surface area contributed by atoms with Crippen LogP contribution in [0.4, 0.5) is 0 Å². The Morgan fingerprint density at radius 1 is 1.16 bits per heavy atom. The van der Waals surface area contributed by atoms with Gasteiger partial charge in [-0.25, -0.2) is 0 Å². The fourth-order valence-electron chi connectivity index (χ4n) is 3.07. The normalized spacial score (nSPS) is 29.2. The molecule has 0 radical (unpaired) electrons. The molecule has 4 atom stereocenters. The SMILES string of the molecule is CSc1ccc(C(C)NC2CC(C)CCC2C)cc1. The van der Waals surface area contributed by atoms with E-state index in [2.05, 4.69) is 56.6 Å². The van der Waals surface area contributed by atoms with Gasteiger partial charge in [0.05, 0.1) is 0 Å². The Morgan fingerprint density at radius 2 is 1.84 bits per heavy atom. The van der Waals surface area contributed by atoms with E-state index in [1.807, 2.05) is 0 Å². The lowest BCUT2D eigenvalue weighted by Crippen LogP contribution is -2.40. The molecule has 0 spiro atoms. The van der Waals surface area contributed by atoms with E-state index in [4.69, 9.17) is 0 Å². The highest BCUT2D eigenvalue weighted by atomic mass is 32.2. The van der Waals surface area contributed by atoms with Crippen molar-refractivity contribution >= 4 is 11.8 Å². The zero-order valence-electron chi connectivity index (χ0n) is 12.6. The molecule has 2 rings (SSSR count). The summed E-state index contributed by atoms with van der Waals surface area (Å²) in [7, 11) is 0. The quantitative estimate of drug-likeness (QED) is 0.787. The first-order chi connectivity index (χ1) is 9.10. The minimum absolute atomic E-state index is 0.452. The van der Waals surface area contributed by atoms with Crippen LogP contribution in [-0.2, 0) is 0 Å². The molecule has 0 bridgehead atoms. The fourth-order valence-corrected chi connectivity index (χ4v) is 3.48. The summed E-state index contributed by atoms with van der Waals surface area (Å²) in [5, 5.41) is 3.85. The lowest BCUT2D eigenvalue weighted by molar-refractivity contribution is 0.216. The van der Waals surface area contributed by atoms with Crippen LogP contribution in [0.2, 0.25) is 0 Å². The molecule has 4 unspecified atom stereocenters. The first-order valence-electron chi connectivity index (χ1n) is 7.50. The predicted molar refractivity (Wildman–Crippen MR) is 85.7 cm³/mol. The molecule has 1 aliphatic carbocycles. The molecule has 1 nitrogen and oxygen atoms in total. The second kappa shape index (κ2) is 6.81. The van der Waals surface area contributed by atoms with Crippen molar-refractivity contribution in [3.63, 3.8) is 0 Å². The largest absolute Gasteiger partial charge is 0.307 e. The summed E-state index contributed by atoms with van der Waals surface area (Å²) in [6, 6.07) is 10.1. The number of hydrogen-bond donors (Lipinski definition) is 1. The smallest absolute Gasteiger partial charge is 0.0294 e. The average Bonchev–Trinajstić information content (AvgIpc) is 2.43. The number of hydrogen-bond acceptors (Lipinski definition) is 2. The summed E-state index contributed by atoms with van der Waals surface area (Å²) in [5.74, 6) is 1.68. The summed E-state index contributed by atoms with van der Waals surface area (Å²) in [6.45, 7) is 7.08. The van der Waals surface area contributed by atoms with Gasteiger partial charge >= 0.3 is 0 Å². The van der Waals surface area contributed by atoms with Crippen LogP contribution >= 0.6 is 11.8 Å². The maximum absolute atomic E-state index is 3.85. The molecule has 0 aliphatic heterocycles. The van der Waals surface area contributed by atoms with Gasteiger partial charge in [-0.3, -0.25) is 0 Å². The molecule has 0 saturated heterocycles. The van der Waals surface area contributed by atoms with Crippen molar-refractivity contribution in [3.05, 3.63) is 29.8 Å². The molecule has 0 aromatic heterocycles. The summed E-state index contributed by atoms with van der Waals surface area (Å²) in [5.41, 5.74) is 1.41. The van der Waals surface area contributed by atoms with Crippen LogP contribution in [0.5, 0.6) is 0 Å². The Kier molecular flexibility index (Phi) is 5.35. The van der Waals surface area contributed by atoms with E-state index in [0.29, 0.717) is 12.1 Å². The molecule has 0 amide bonds. The number of nitrogens with one attached hydrogen (secondary N) is 1. The Labute approximate surface area is 122 Å². The standard InChI is InChI=1S/C17H27NS/c1-12-5-6-13(2)17(11-12)18-14(3)15-7-9-16(19-4)10-8-15/h7-10,12-14,17-18H,5-6,11H2,1-4H3. The highest BCUT2D eigenvalue weighted by Crippen LogP contribution is 2.30. The van der Waals surface area contributed by atoms with Gasteiger partial charge in [0, 0.05) is 17.0 Å². The van der Waals surface area contributed by atoms with Crippen molar-refractivity contribution in [1.82, 2.24) is 5.32 Å². The second-order valence-corrected chi connectivity index (χ2v) is 7.04. The second-order valence-electron chi connectivity index (χ2n) is 6.16. The first kappa shape index (κ1) is 14.9. The maximum atomic E-state index is 3.85. The van der Waals surface area contributed by atoms with Crippen molar-refractivity contribution < 1.29 is 0 Å². The van der Waals surface area contributed by atoms with Gasteiger partial charge in [0.15, 0.2) is 0 Å². The molecule has 106 valence electrons. The van der Waals surface area contributed by atoms with Gasteiger partial charge in [-0.15, -0.1) is 11.8 Å². The number of rotatable bonds is 4. The number of thioether (sulfide) groups is 1. The Hall–Kier alpha value is -0.470. The van der Waals surface area contributed by atoms with Gasteiger partial charge in [-0.1, -0.05) is 32.4 Å². The van der Waals surface area contributed by atoms with E-state index in [-0.39, 0.29) is 0 Å². The van der Waals surface area contributed by atoms with Gasteiger partial charge in [-0.05, 0) is 55.6 Å². The lowest BCUT2D eigenvalue weighted by Gasteiger charge is -2.35. The highest BCUT2D eigenvalue weighted by molar-refractivity contribution is 7.98. The molecule has 1 aliphatic rings. The van der Waals surface area contributed by atoms with E-state index in [0.717, 1.165) is 11.8 Å². The fraction of sp³-hybridized carbons (Fsp3) is 0.647. The number of benzene rings is 1. The van der Waals surface area contributed by atoms with Crippen LogP contribution in [0.3, 0.4) is 0 Å². The van der Waals surface area contributed by atoms with E-state index in [9.17, 15) is 0 Å². The minimum Gasteiger partial charge on any atom is -0.307 e. The Morgan fingerprint density at radius 3 is 2.47 bits per heavy atom. The van der Waals surface area contributed by atoms with Gasteiger partial charge < -0.3 is 5.32 Å². The average molecular weight is 277 g/mol. The summed E-state index contributed by atoms with van der Waals surface area (Å²) in [6.07, 6.45) is 6.23. The van der Waals surface area contributed by atoms with Gasteiger partial charge in [-0.2, -0.15) is 0 Å². The maximum Gasteiger partial charge on any atom is 0.0294 e. The van der Waals surface area contributed by atoms with Crippen LogP contribution in [0.1, 0.15) is 51.6 Å². The van der Waals surface area contributed by atoms with Crippen LogP contribution in [0, 0.1) is 11.8 Å². The van der Waals surface area contributed by atoms with E-state index in [1.54, 1.807) is 11.8 Å². The zero-order valence-corrected chi connectivity index (χ0v) is 13.5. The zero-order chi connectivity index (χ0) is 13.8. The molecule has 19 heavy (non-hydrogen) atoms. The van der Waals surface area contributed by atoms with Gasteiger partial charge in [0.2, 0.25) is 0 Å². The van der Waals surface area contributed by atoms with E-state index < -0.39 is 0 Å². The molecule has 1 aromatic rings. The van der Waals surface area contributed by atoms with Crippen LogP contribution in [-0.4, -0.2) is 12.3 Å². The van der Waals surface area contributed by atoms with Crippen molar-refractivity contribution in [1.29, 1.82) is 0 Å². The summed E-state index contributed by atoms with van der Waals surface area (Å²) >= 11 is 1.81. The molecule has 1 fully saturated rings. The minimum atomic E-state index is 0.452. The van der Waals surface area contributed by atoms with Crippen LogP contribution < -0.4 is 5.32 Å². The van der Waals surface area contributed by atoms with Gasteiger partial charge in [0.25, 0.3) is 0 Å². The van der Waals surface area contributed by atoms with Crippen LogP contribution in [0.15, 0.2) is 29.2 Å². The van der Waals surface area contributed by atoms with Crippen molar-refractivity contribution in [2.24, 2.45) is 11.8 Å². The Balaban J connectivity index is 1.97. The van der Waals surface area contributed by atoms with Gasteiger partial charge in [0.1, 0.15) is 0 Å².